The minimum absolute atomic E-state index is 0.0800. The minimum Gasteiger partial charge on any atom is -0.462 e. The summed E-state index contributed by atoms with van der Waals surface area (Å²) in [6.45, 7) is 1.13. The van der Waals surface area contributed by atoms with Crippen molar-refractivity contribution in [3.8, 4) is 0 Å². The Balaban J connectivity index is 2.23. The van der Waals surface area contributed by atoms with E-state index >= 15 is 0 Å². The van der Waals surface area contributed by atoms with Gasteiger partial charge in [0, 0.05) is 12.8 Å². The number of carbonyl (C=O) groups excluding carboxylic acids is 1. The van der Waals surface area contributed by atoms with E-state index in [-0.39, 0.29) is 12.8 Å². The standard InChI is InChI=1S/C12H14F6O3/c1-5(19)21-9-4-6-2-7(9)3-8(6)10(20,11(13,14)15)12(16,17)18/h6-9,20H,2-4H2,1H3. The van der Waals surface area contributed by atoms with Gasteiger partial charge in [-0.2, -0.15) is 26.3 Å². The molecule has 21 heavy (non-hydrogen) atoms. The quantitative estimate of drug-likeness (QED) is 0.629. The van der Waals surface area contributed by atoms with Gasteiger partial charge in [0.15, 0.2) is 0 Å². The third-order valence-electron chi connectivity index (χ3n) is 4.51. The number of aliphatic hydroxyl groups is 1. The molecular weight excluding hydrogens is 306 g/mol. The molecule has 0 amide bonds. The van der Waals surface area contributed by atoms with Crippen LogP contribution in [0.25, 0.3) is 0 Å². The molecule has 2 rings (SSSR count). The fourth-order valence-electron chi connectivity index (χ4n) is 3.67. The van der Waals surface area contributed by atoms with Gasteiger partial charge in [-0.15, -0.1) is 0 Å². The van der Waals surface area contributed by atoms with Crippen molar-refractivity contribution in [2.24, 2.45) is 17.8 Å². The molecule has 2 aliphatic carbocycles. The van der Waals surface area contributed by atoms with Crippen LogP contribution in [0.1, 0.15) is 26.2 Å². The molecule has 0 saturated heterocycles. The molecule has 9 heteroatoms. The highest BCUT2D eigenvalue weighted by Gasteiger charge is 2.76. The van der Waals surface area contributed by atoms with E-state index in [0.29, 0.717) is 0 Å². The van der Waals surface area contributed by atoms with Crippen molar-refractivity contribution < 1.29 is 41.0 Å². The summed E-state index contributed by atoms with van der Waals surface area (Å²) in [5, 5.41) is 9.42. The van der Waals surface area contributed by atoms with Gasteiger partial charge in [0.25, 0.3) is 5.60 Å². The van der Waals surface area contributed by atoms with Crippen molar-refractivity contribution >= 4 is 5.97 Å². The third-order valence-corrected chi connectivity index (χ3v) is 4.51. The highest BCUT2D eigenvalue weighted by atomic mass is 19.4. The van der Waals surface area contributed by atoms with Gasteiger partial charge in [-0.25, -0.2) is 0 Å². The fraction of sp³-hybridized carbons (Fsp3) is 0.917. The highest BCUT2D eigenvalue weighted by molar-refractivity contribution is 5.66. The van der Waals surface area contributed by atoms with E-state index in [1.807, 2.05) is 0 Å². The summed E-state index contributed by atoms with van der Waals surface area (Å²) in [6, 6.07) is 0. The Morgan fingerprint density at radius 1 is 1.00 bits per heavy atom. The molecule has 122 valence electrons. The van der Waals surface area contributed by atoms with Gasteiger partial charge < -0.3 is 9.84 Å². The first-order valence-corrected chi connectivity index (χ1v) is 6.41. The summed E-state index contributed by atoms with van der Waals surface area (Å²) in [5.41, 5.74) is -4.71. The second kappa shape index (κ2) is 4.76. The van der Waals surface area contributed by atoms with Crippen molar-refractivity contribution in [3.63, 3.8) is 0 Å². The number of alkyl halides is 6. The molecule has 0 aromatic carbocycles. The number of carbonyl (C=O) groups is 1. The maximum absolute atomic E-state index is 12.8. The van der Waals surface area contributed by atoms with E-state index in [1.54, 1.807) is 0 Å². The summed E-state index contributed by atoms with van der Waals surface area (Å²) in [6.07, 6.45) is -12.7. The van der Waals surface area contributed by atoms with Crippen LogP contribution in [-0.2, 0) is 9.53 Å². The van der Waals surface area contributed by atoms with E-state index in [1.165, 1.54) is 0 Å². The van der Waals surface area contributed by atoms with E-state index in [9.17, 15) is 36.2 Å². The highest BCUT2D eigenvalue weighted by Crippen LogP contribution is 2.60. The smallest absolute Gasteiger partial charge is 0.426 e. The van der Waals surface area contributed by atoms with E-state index < -0.39 is 54.2 Å². The van der Waals surface area contributed by atoms with Gasteiger partial charge in [-0.1, -0.05) is 0 Å². The topological polar surface area (TPSA) is 46.5 Å². The Labute approximate surface area is 116 Å². The average Bonchev–Trinajstić information content (AvgIpc) is 2.82. The van der Waals surface area contributed by atoms with Crippen LogP contribution in [-0.4, -0.2) is 35.1 Å². The molecule has 2 aliphatic rings. The normalized spacial score (nSPS) is 33.3. The Hall–Kier alpha value is -0.990. The molecule has 4 unspecified atom stereocenters. The first-order chi connectivity index (χ1) is 9.38. The molecule has 0 radical (unpaired) electrons. The number of hydrogen-bond acceptors (Lipinski definition) is 3. The molecule has 3 nitrogen and oxygen atoms in total. The van der Waals surface area contributed by atoms with Crippen LogP contribution in [0.4, 0.5) is 26.3 Å². The second-order valence-electron chi connectivity index (χ2n) is 5.74. The molecule has 0 aromatic heterocycles. The van der Waals surface area contributed by atoms with Crippen LogP contribution in [0.5, 0.6) is 0 Å². The fourth-order valence-corrected chi connectivity index (χ4v) is 3.67. The van der Waals surface area contributed by atoms with E-state index in [2.05, 4.69) is 0 Å². The van der Waals surface area contributed by atoms with E-state index in [4.69, 9.17) is 4.74 Å². The molecule has 2 fully saturated rings. The summed E-state index contributed by atoms with van der Waals surface area (Å²) in [5.74, 6) is -4.10. The average molecular weight is 320 g/mol. The number of hydrogen-bond donors (Lipinski definition) is 1. The lowest BCUT2D eigenvalue weighted by Gasteiger charge is -2.41. The molecular formula is C12H14F6O3. The van der Waals surface area contributed by atoms with Crippen molar-refractivity contribution in [3.05, 3.63) is 0 Å². The molecule has 0 aromatic rings. The summed E-state index contributed by atoms with van der Waals surface area (Å²) in [7, 11) is 0. The molecule has 4 atom stereocenters. The molecule has 0 heterocycles. The minimum atomic E-state index is -5.79. The van der Waals surface area contributed by atoms with Gasteiger partial charge in [0.05, 0.1) is 0 Å². The van der Waals surface area contributed by atoms with Crippen molar-refractivity contribution in [1.29, 1.82) is 0 Å². The lowest BCUT2D eigenvalue weighted by molar-refractivity contribution is -0.389. The van der Waals surface area contributed by atoms with Gasteiger partial charge in [-0.3, -0.25) is 4.79 Å². The van der Waals surface area contributed by atoms with Crippen LogP contribution in [0.15, 0.2) is 0 Å². The van der Waals surface area contributed by atoms with Gasteiger partial charge in [0.1, 0.15) is 6.10 Å². The molecule has 0 aliphatic heterocycles. The van der Waals surface area contributed by atoms with Crippen LogP contribution >= 0.6 is 0 Å². The number of halogens is 6. The van der Waals surface area contributed by atoms with Crippen LogP contribution < -0.4 is 0 Å². The predicted molar refractivity (Wildman–Crippen MR) is 56.9 cm³/mol. The molecule has 2 bridgehead atoms. The van der Waals surface area contributed by atoms with Crippen molar-refractivity contribution in [2.75, 3.05) is 0 Å². The summed E-state index contributed by atoms with van der Waals surface area (Å²) < 4.78 is 81.9. The van der Waals surface area contributed by atoms with Crippen LogP contribution in [0, 0.1) is 17.8 Å². The Kier molecular flexibility index (Phi) is 3.71. The number of fused-ring (bicyclic) bond motifs is 2. The van der Waals surface area contributed by atoms with Gasteiger partial charge in [-0.05, 0) is 31.1 Å². The van der Waals surface area contributed by atoms with Crippen molar-refractivity contribution in [2.45, 2.75) is 50.2 Å². The summed E-state index contributed by atoms with van der Waals surface area (Å²) >= 11 is 0. The first kappa shape index (κ1) is 16.4. The van der Waals surface area contributed by atoms with Crippen molar-refractivity contribution in [1.82, 2.24) is 0 Å². The first-order valence-electron chi connectivity index (χ1n) is 6.41. The monoisotopic (exact) mass is 320 g/mol. The SMILES string of the molecule is CC(=O)OC1CC2CC1CC2C(O)(C(F)(F)F)C(F)(F)F. The lowest BCUT2D eigenvalue weighted by atomic mass is 9.74. The Morgan fingerprint density at radius 2 is 1.52 bits per heavy atom. The number of esters is 1. The second-order valence-corrected chi connectivity index (χ2v) is 5.74. The number of rotatable bonds is 2. The Morgan fingerprint density at radius 3 is 1.86 bits per heavy atom. The Bertz CT molecular complexity index is 416. The third kappa shape index (κ3) is 2.49. The number of ether oxygens (including phenoxy) is 1. The van der Waals surface area contributed by atoms with E-state index in [0.717, 1.165) is 6.92 Å². The largest absolute Gasteiger partial charge is 0.462 e. The molecule has 2 saturated carbocycles. The lowest BCUT2D eigenvalue weighted by Crippen LogP contribution is -2.63. The maximum Gasteiger partial charge on any atom is 0.426 e. The van der Waals surface area contributed by atoms with Gasteiger partial charge in [0.2, 0.25) is 0 Å². The zero-order valence-corrected chi connectivity index (χ0v) is 11.0. The molecule has 1 N–H and O–H groups in total. The zero-order valence-electron chi connectivity index (χ0n) is 11.0. The molecule has 0 spiro atoms. The zero-order chi connectivity index (χ0) is 16.2. The maximum atomic E-state index is 12.8. The van der Waals surface area contributed by atoms with Crippen LogP contribution in [0.2, 0.25) is 0 Å². The summed E-state index contributed by atoms with van der Waals surface area (Å²) in [4.78, 5) is 10.8. The van der Waals surface area contributed by atoms with Crippen LogP contribution in [0.3, 0.4) is 0 Å². The van der Waals surface area contributed by atoms with Gasteiger partial charge >= 0.3 is 18.3 Å². The predicted octanol–water partition coefficient (Wildman–Crippen LogP) is 2.82.